The Kier molecular flexibility index (Phi) is 4.51. The molecule has 0 amide bonds. The SMILES string of the molecule is Cl.N[C@@H](CCF)c1csc2ccccc12. The van der Waals surface area contributed by atoms with E-state index in [4.69, 9.17) is 5.73 Å². The average Bonchev–Trinajstić information content (AvgIpc) is 2.61. The molecule has 1 aromatic carbocycles. The van der Waals surface area contributed by atoms with Crippen molar-refractivity contribution in [1.29, 1.82) is 0 Å². The van der Waals surface area contributed by atoms with Crippen molar-refractivity contribution < 1.29 is 4.39 Å². The first-order chi connectivity index (χ1) is 6.83. The summed E-state index contributed by atoms with van der Waals surface area (Å²) in [5.41, 5.74) is 6.96. The van der Waals surface area contributed by atoms with Gasteiger partial charge in [0, 0.05) is 10.7 Å². The van der Waals surface area contributed by atoms with Crippen LogP contribution in [0.3, 0.4) is 0 Å². The number of nitrogens with two attached hydrogens (primary N) is 1. The van der Waals surface area contributed by atoms with Crippen LogP contribution < -0.4 is 5.73 Å². The molecule has 2 aromatic rings. The van der Waals surface area contributed by atoms with Gasteiger partial charge in [-0.05, 0) is 28.8 Å². The molecule has 0 fully saturated rings. The third kappa shape index (κ3) is 2.48. The van der Waals surface area contributed by atoms with Gasteiger partial charge in [-0.1, -0.05) is 18.2 Å². The lowest BCUT2D eigenvalue weighted by Gasteiger charge is -2.07. The van der Waals surface area contributed by atoms with Crippen molar-refractivity contribution in [3.05, 3.63) is 35.2 Å². The van der Waals surface area contributed by atoms with Crippen LogP contribution >= 0.6 is 23.7 Å². The molecule has 1 atom stereocenters. The molecule has 0 aliphatic rings. The Hall–Kier alpha value is -0.640. The quantitative estimate of drug-likeness (QED) is 0.877. The van der Waals surface area contributed by atoms with E-state index in [2.05, 4.69) is 6.07 Å². The summed E-state index contributed by atoms with van der Waals surface area (Å²) >= 11 is 1.67. The lowest BCUT2D eigenvalue weighted by atomic mass is 10.0. The first-order valence-electron chi connectivity index (χ1n) is 4.60. The minimum absolute atomic E-state index is 0. The van der Waals surface area contributed by atoms with Gasteiger partial charge in [0.1, 0.15) is 0 Å². The fourth-order valence-corrected chi connectivity index (χ4v) is 2.58. The molecule has 82 valence electrons. The first-order valence-corrected chi connectivity index (χ1v) is 5.48. The molecule has 15 heavy (non-hydrogen) atoms. The molecular formula is C11H13ClFNS. The largest absolute Gasteiger partial charge is 0.324 e. The Balaban J connectivity index is 0.00000112. The molecule has 2 rings (SSSR count). The number of hydrogen-bond donors (Lipinski definition) is 1. The van der Waals surface area contributed by atoms with E-state index in [0.29, 0.717) is 6.42 Å². The summed E-state index contributed by atoms with van der Waals surface area (Å²) in [5.74, 6) is 0. The van der Waals surface area contributed by atoms with Gasteiger partial charge in [-0.2, -0.15) is 0 Å². The zero-order valence-electron chi connectivity index (χ0n) is 8.15. The van der Waals surface area contributed by atoms with E-state index in [-0.39, 0.29) is 25.1 Å². The maximum absolute atomic E-state index is 12.2. The molecule has 0 unspecified atom stereocenters. The van der Waals surface area contributed by atoms with E-state index in [1.54, 1.807) is 11.3 Å². The van der Waals surface area contributed by atoms with Crippen LogP contribution in [0.4, 0.5) is 4.39 Å². The van der Waals surface area contributed by atoms with Crippen molar-refractivity contribution in [2.45, 2.75) is 12.5 Å². The number of halogens is 2. The van der Waals surface area contributed by atoms with Crippen LogP contribution in [0.25, 0.3) is 10.1 Å². The number of benzene rings is 1. The lowest BCUT2D eigenvalue weighted by Crippen LogP contribution is -2.10. The van der Waals surface area contributed by atoms with Gasteiger partial charge < -0.3 is 5.73 Å². The van der Waals surface area contributed by atoms with Crippen molar-refractivity contribution in [2.75, 3.05) is 6.67 Å². The zero-order valence-corrected chi connectivity index (χ0v) is 9.78. The average molecular weight is 246 g/mol. The van der Waals surface area contributed by atoms with Gasteiger partial charge in [-0.3, -0.25) is 4.39 Å². The number of rotatable bonds is 3. The molecule has 1 nitrogen and oxygen atoms in total. The van der Waals surface area contributed by atoms with Gasteiger partial charge in [-0.25, -0.2) is 0 Å². The Morgan fingerprint density at radius 2 is 2.07 bits per heavy atom. The van der Waals surface area contributed by atoms with Crippen molar-refractivity contribution in [3.63, 3.8) is 0 Å². The second-order valence-corrected chi connectivity index (χ2v) is 4.18. The fraction of sp³-hybridized carbons (Fsp3) is 0.273. The Bertz CT molecular complexity index is 429. The van der Waals surface area contributed by atoms with E-state index < -0.39 is 0 Å². The summed E-state index contributed by atoms with van der Waals surface area (Å²) in [5, 5.41) is 3.20. The Morgan fingerprint density at radius 1 is 1.33 bits per heavy atom. The van der Waals surface area contributed by atoms with Gasteiger partial charge in [0.15, 0.2) is 0 Å². The molecule has 0 aliphatic heterocycles. The summed E-state index contributed by atoms with van der Waals surface area (Å²) in [4.78, 5) is 0. The molecule has 2 N–H and O–H groups in total. The molecule has 0 aliphatic carbocycles. The standard InChI is InChI=1S/C11H12FNS.ClH/c12-6-5-10(13)9-7-14-11-4-2-1-3-8(9)11;/h1-4,7,10H,5-6,13H2;1H/t10-;/m0./s1. The minimum atomic E-state index is -0.356. The van der Waals surface area contributed by atoms with Gasteiger partial charge in [-0.15, -0.1) is 23.7 Å². The van der Waals surface area contributed by atoms with Crippen LogP contribution in [-0.2, 0) is 0 Å². The molecule has 0 saturated heterocycles. The number of alkyl halides is 1. The molecule has 1 aromatic heterocycles. The topological polar surface area (TPSA) is 26.0 Å². The molecule has 0 radical (unpaired) electrons. The van der Waals surface area contributed by atoms with Gasteiger partial charge in [0.25, 0.3) is 0 Å². The first kappa shape index (κ1) is 12.4. The monoisotopic (exact) mass is 245 g/mol. The third-order valence-corrected chi connectivity index (χ3v) is 3.31. The molecule has 1 heterocycles. The lowest BCUT2D eigenvalue weighted by molar-refractivity contribution is 0.443. The second-order valence-electron chi connectivity index (χ2n) is 3.27. The van der Waals surface area contributed by atoms with E-state index in [9.17, 15) is 4.39 Å². The van der Waals surface area contributed by atoms with Crippen LogP contribution in [0.5, 0.6) is 0 Å². The summed E-state index contributed by atoms with van der Waals surface area (Å²) in [6.07, 6.45) is 0.403. The Morgan fingerprint density at radius 3 is 2.80 bits per heavy atom. The second kappa shape index (κ2) is 5.45. The van der Waals surface area contributed by atoms with Gasteiger partial charge in [0.2, 0.25) is 0 Å². The third-order valence-electron chi connectivity index (χ3n) is 2.33. The number of hydrogen-bond acceptors (Lipinski definition) is 2. The smallest absolute Gasteiger partial charge is 0.0912 e. The summed E-state index contributed by atoms with van der Waals surface area (Å²) in [6, 6.07) is 7.92. The van der Waals surface area contributed by atoms with Crippen molar-refractivity contribution in [3.8, 4) is 0 Å². The molecular weight excluding hydrogens is 233 g/mol. The molecule has 0 bridgehead atoms. The van der Waals surface area contributed by atoms with Crippen molar-refractivity contribution >= 4 is 33.8 Å². The van der Waals surface area contributed by atoms with E-state index in [1.807, 2.05) is 23.6 Å². The minimum Gasteiger partial charge on any atom is -0.324 e. The maximum atomic E-state index is 12.2. The summed E-state index contributed by atoms with van der Waals surface area (Å²) in [7, 11) is 0. The molecule has 0 spiro atoms. The van der Waals surface area contributed by atoms with Gasteiger partial charge >= 0.3 is 0 Å². The van der Waals surface area contributed by atoms with E-state index in [1.165, 1.54) is 10.1 Å². The van der Waals surface area contributed by atoms with E-state index >= 15 is 0 Å². The predicted octanol–water partition coefficient (Wildman–Crippen LogP) is 3.68. The highest BCUT2D eigenvalue weighted by molar-refractivity contribution is 7.17. The van der Waals surface area contributed by atoms with Crippen LogP contribution in [0.1, 0.15) is 18.0 Å². The van der Waals surface area contributed by atoms with Crippen LogP contribution in [0.2, 0.25) is 0 Å². The highest BCUT2D eigenvalue weighted by Crippen LogP contribution is 2.30. The molecule has 0 saturated carbocycles. The number of fused-ring (bicyclic) bond motifs is 1. The fourth-order valence-electron chi connectivity index (χ4n) is 1.56. The summed E-state index contributed by atoms with van der Waals surface area (Å²) < 4.78 is 13.4. The highest BCUT2D eigenvalue weighted by Gasteiger charge is 2.10. The van der Waals surface area contributed by atoms with Gasteiger partial charge in [0.05, 0.1) is 6.67 Å². The summed E-state index contributed by atoms with van der Waals surface area (Å²) in [6.45, 7) is -0.356. The van der Waals surface area contributed by atoms with Crippen LogP contribution in [0.15, 0.2) is 29.6 Å². The maximum Gasteiger partial charge on any atom is 0.0912 e. The Labute approximate surface area is 98.5 Å². The van der Waals surface area contributed by atoms with E-state index in [0.717, 1.165) is 5.56 Å². The zero-order chi connectivity index (χ0) is 9.97. The molecule has 4 heteroatoms. The predicted molar refractivity (Wildman–Crippen MR) is 66.6 cm³/mol. The normalized spacial score (nSPS) is 12.4. The van der Waals surface area contributed by atoms with Crippen molar-refractivity contribution in [2.24, 2.45) is 5.73 Å². The highest BCUT2D eigenvalue weighted by atomic mass is 35.5. The van der Waals surface area contributed by atoms with Crippen LogP contribution in [0, 0.1) is 0 Å². The van der Waals surface area contributed by atoms with Crippen molar-refractivity contribution in [1.82, 2.24) is 0 Å². The number of thiophene rings is 1. The van der Waals surface area contributed by atoms with Crippen LogP contribution in [-0.4, -0.2) is 6.67 Å².